The van der Waals surface area contributed by atoms with Gasteiger partial charge in [-0.1, -0.05) is 34.1 Å². The summed E-state index contributed by atoms with van der Waals surface area (Å²) in [6.45, 7) is 4.01. The molecule has 0 amide bonds. The molecule has 86 valence electrons. The SMILES string of the molecule is CCc1c(C#N)nnn1-c1ccc(C)c(Br)c1. The maximum absolute atomic E-state index is 8.93. The molecule has 0 aliphatic heterocycles. The molecule has 0 spiro atoms. The monoisotopic (exact) mass is 290 g/mol. The largest absolute Gasteiger partial charge is 0.216 e. The Kier molecular flexibility index (Phi) is 3.25. The molecule has 1 aromatic heterocycles. The van der Waals surface area contributed by atoms with E-state index in [0.717, 1.165) is 27.8 Å². The van der Waals surface area contributed by atoms with Crippen molar-refractivity contribution in [3.8, 4) is 11.8 Å². The highest BCUT2D eigenvalue weighted by Gasteiger charge is 2.12. The summed E-state index contributed by atoms with van der Waals surface area (Å²) in [7, 11) is 0. The van der Waals surface area contributed by atoms with E-state index < -0.39 is 0 Å². The van der Waals surface area contributed by atoms with E-state index in [9.17, 15) is 0 Å². The van der Waals surface area contributed by atoms with E-state index in [4.69, 9.17) is 5.26 Å². The Labute approximate surface area is 108 Å². The van der Waals surface area contributed by atoms with E-state index in [0.29, 0.717) is 5.69 Å². The normalized spacial score (nSPS) is 10.2. The minimum Gasteiger partial charge on any atom is -0.216 e. The maximum atomic E-state index is 8.93. The number of aromatic nitrogens is 3. The third-order valence-electron chi connectivity index (χ3n) is 2.60. The Bertz CT molecular complexity index is 595. The number of hydrogen-bond acceptors (Lipinski definition) is 3. The molecule has 17 heavy (non-hydrogen) atoms. The van der Waals surface area contributed by atoms with Crippen LogP contribution in [0.3, 0.4) is 0 Å². The van der Waals surface area contributed by atoms with E-state index in [-0.39, 0.29) is 0 Å². The zero-order valence-corrected chi connectivity index (χ0v) is 11.2. The van der Waals surface area contributed by atoms with E-state index in [1.165, 1.54) is 0 Å². The van der Waals surface area contributed by atoms with Gasteiger partial charge in [-0.15, -0.1) is 5.10 Å². The molecular weight excluding hydrogens is 280 g/mol. The molecule has 0 fully saturated rings. The summed E-state index contributed by atoms with van der Waals surface area (Å²) >= 11 is 3.49. The molecule has 1 heterocycles. The molecule has 5 heteroatoms. The number of benzene rings is 1. The Hall–Kier alpha value is -1.67. The molecule has 0 saturated heterocycles. The Morgan fingerprint density at radius 2 is 2.24 bits per heavy atom. The summed E-state index contributed by atoms with van der Waals surface area (Å²) in [6, 6.07) is 8.01. The minimum absolute atomic E-state index is 0.393. The molecule has 0 bridgehead atoms. The molecular formula is C12H11BrN4. The molecule has 4 nitrogen and oxygen atoms in total. The van der Waals surface area contributed by atoms with Crippen LogP contribution in [0, 0.1) is 18.3 Å². The van der Waals surface area contributed by atoms with Crippen LogP contribution in [-0.2, 0) is 6.42 Å². The molecule has 0 aliphatic carbocycles. The summed E-state index contributed by atoms with van der Waals surface area (Å²) in [5.74, 6) is 0. The number of hydrogen-bond donors (Lipinski definition) is 0. The van der Waals surface area contributed by atoms with Crippen molar-refractivity contribution < 1.29 is 0 Å². The summed E-state index contributed by atoms with van der Waals surface area (Å²) < 4.78 is 2.73. The van der Waals surface area contributed by atoms with Gasteiger partial charge in [-0.05, 0) is 31.0 Å². The number of rotatable bonds is 2. The van der Waals surface area contributed by atoms with E-state index >= 15 is 0 Å². The Balaban J connectivity index is 2.57. The number of halogens is 1. The molecule has 1 aromatic carbocycles. The second-order valence-electron chi connectivity index (χ2n) is 3.70. The van der Waals surface area contributed by atoms with E-state index in [1.807, 2.05) is 32.0 Å². The van der Waals surface area contributed by atoms with E-state index in [1.54, 1.807) is 4.68 Å². The molecule has 0 radical (unpaired) electrons. The van der Waals surface area contributed by atoms with Crippen molar-refractivity contribution in [2.45, 2.75) is 20.3 Å². The maximum Gasteiger partial charge on any atom is 0.186 e. The average molecular weight is 291 g/mol. The van der Waals surface area contributed by atoms with Crippen molar-refractivity contribution in [2.75, 3.05) is 0 Å². The van der Waals surface area contributed by atoms with Crippen LogP contribution in [0.15, 0.2) is 22.7 Å². The highest BCUT2D eigenvalue weighted by atomic mass is 79.9. The average Bonchev–Trinajstić information content (AvgIpc) is 2.75. The lowest BCUT2D eigenvalue weighted by Gasteiger charge is -2.06. The number of aryl methyl sites for hydroxylation is 1. The predicted molar refractivity (Wildman–Crippen MR) is 67.9 cm³/mol. The van der Waals surface area contributed by atoms with Gasteiger partial charge >= 0.3 is 0 Å². The number of nitrogens with zero attached hydrogens (tertiary/aromatic N) is 4. The van der Waals surface area contributed by atoms with Gasteiger partial charge in [0.05, 0.1) is 11.4 Å². The summed E-state index contributed by atoms with van der Waals surface area (Å²) in [5, 5.41) is 16.8. The van der Waals surface area contributed by atoms with Crippen LogP contribution in [0.2, 0.25) is 0 Å². The zero-order chi connectivity index (χ0) is 12.4. The van der Waals surface area contributed by atoms with Crippen molar-refractivity contribution in [3.05, 3.63) is 39.6 Å². The van der Waals surface area contributed by atoms with Gasteiger partial charge in [-0.25, -0.2) is 4.68 Å². The molecule has 2 rings (SSSR count). The molecule has 0 N–H and O–H groups in total. The second-order valence-corrected chi connectivity index (χ2v) is 4.55. The van der Waals surface area contributed by atoms with Gasteiger partial charge in [0.2, 0.25) is 0 Å². The third-order valence-corrected chi connectivity index (χ3v) is 3.46. The fourth-order valence-electron chi connectivity index (χ4n) is 1.63. The molecule has 0 saturated carbocycles. The first-order valence-electron chi connectivity index (χ1n) is 5.28. The molecule has 0 atom stereocenters. The lowest BCUT2D eigenvalue weighted by Crippen LogP contribution is -2.02. The highest BCUT2D eigenvalue weighted by Crippen LogP contribution is 2.21. The lowest BCUT2D eigenvalue weighted by atomic mass is 10.2. The van der Waals surface area contributed by atoms with E-state index in [2.05, 4.69) is 32.3 Å². The van der Waals surface area contributed by atoms with Crippen LogP contribution in [-0.4, -0.2) is 15.0 Å². The van der Waals surface area contributed by atoms with Crippen LogP contribution in [0.25, 0.3) is 5.69 Å². The van der Waals surface area contributed by atoms with Crippen molar-refractivity contribution in [3.63, 3.8) is 0 Å². The van der Waals surface area contributed by atoms with Gasteiger partial charge in [0.25, 0.3) is 0 Å². The fraction of sp³-hybridized carbons (Fsp3) is 0.250. The van der Waals surface area contributed by atoms with Gasteiger partial charge < -0.3 is 0 Å². The first-order chi connectivity index (χ1) is 8.17. The van der Waals surface area contributed by atoms with Gasteiger partial charge in [0.15, 0.2) is 5.69 Å². The van der Waals surface area contributed by atoms with Gasteiger partial charge in [-0.3, -0.25) is 0 Å². The summed E-state index contributed by atoms with van der Waals surface area (Å²) in [5.41, 5.74) is 3.30. The molecule has 0 aliphatic rings. The fourth-order valence-corrected chi connectivity index (χ4v) is 1.99. The van der Waals surface area contributed by atoms with Crippen LogP contribution in [0.5, 0.6) is 0 Å². The van der Waals surface area contributed by atoms with Crippen molar-refractivity contribution in [2.24, 2.45) is 0 Å². The van der Waals surface area contributed by atoms with Crippen LogP contribution in [0.4, 0.5) is 0 Å². The lowest BCUT2D eigenvalue weighted by molar-refractivity contribution is 0.766. The van der Waals surface area contributed by atoms with Crippen LogP contribution in [0.1, 0.15) is 23.9 Å². The second kappa shape index (κ2) is 4.68. The minimum atomic E-state index is 0.393. The number of nitriles is 1. The van der Waals surface area contributed by atoms with Crippen LogP contribution < -0.4 is 0 Å². The predicted octanol–water partition coefficient (Wildman–Crippen LogP) is 2.77. The van der Waals surface area contributed by atoms with Crippen molar-refractivity contribution in [1.29, 1.82) is 5.26 Å². The topological polar surface area (TPSA) is 54.5 Å². The Morgan fingerprint density at radius 3 is 2.82 bits per heavy atom. The van der Waals surface area contributed by atoms with Crippen molar-refractivity contribution >= 4 is 15.9 Å². The first kappa shape index (κ1) is 11.8. The zero-order valence-electron chi connectivity index (χ0n) is 9.61. The van der Waals surface area contributed by atoms with Crippen LogP contribution >= 0.6 is 15.9 Å². The summed E-state index contributed by atoms with van der Waals surface area (Å²) in [4.78, 5) is 0. The highest BCUT2D eigenvalue weighted by molar-refractivity contribution is 9.10. The quantitative estimate of drug-likeness (QED) is 0.855. The standard InChI is InChI=1S/C12H11BrN4/c1-3-12-11(7-14)15-16-17(12)9-5-4-8(2)10(13)6-9/h4-6H,3H2,1-2H3. The smallest absolute Gasteiger partial charge is 0.186 e. The van der Waals surface area contributed by atoms with Gasteiger partial charge in [0, 0.05) is 4.47 Å². The van der Waals surface area contributed by atoms with Gasteiger partial charge in [-0.2, -0.15) is 5.26 Å². The summed E-state index contributed by atoms with van der Waals surface area (Å²) in [6.07, 6.45) is 0.724. The van der Waals surface area contributed by atoms with Gasteiger partial charge in [0.1, 0.15) is 6.07 Å². The molecule has 0 unspecified atom stereocenters. The van der Waals surface area contributed by atoms with Crippen molar-refractivity contribution in [1.82, 2.24) is 15.0 Å². The third kappa shape index (κ3) is 2.08. The Morgan fingerprint density at radius 1 is 1.47 bits per heavy atom. The first-order valence-corrected chi connectivity index (χ1v) is 6.08. The molecule has 2 aromatic rings.